The van der Waals surface area contributed by atoms with Crippen LogP contribution >= 0.6 is 11.8 Å². The second-order valence-electron chi connectivity index (χ2n) is 6.43. The van der Waals surface area contributed by atoms with Crippen LogP contribution in [0.3, 0.4) is 0 Å². The molecule has 2 heterocycles. The molecule has 0 spiro atoms. The van der Waals surface area contributed by atoms with Crippen molar-refractivity contribution in [2.24, 2.45) is 0 Å². The van der Waals surface area contributed by atoms with Gasteiger partial charge in [0.15, 0.2) is 0 Å². The van der Waals surface area contributed by atoms with Gasteiger partial charge in [-0.25, -0.2) is 0 Å². The molecule has 0 radical (unpaired) electrons. The fraction of sp³-hybridized carbons (Fsp3) is 0.588. The van der Waals surface area contributed by atoms with Crippen molar-refractivity contribution in [2.45, 2.75) is 62.6 Å². The van der Waals surface area contributed by atoms with Crippen LogP contribution in [0.15, 0.2) is 23.1 Å². The Hall–Kier alpha value is -1.00. The van der Waals surface area contributed by atoms with E-state index in [1.54, 1.807) is 11.8 Å². The number of aryl methyl sites for hydroxylation is 2. The first kappa shape index (κ1) is 14.9. The lowest BCUT2D eigenvalue weighted by Crippen LogP contribution is -2.48. The van der Waals surface area contributed by atoms with E-state index in [-0.39, 0.29) is 5.91 Å². The lowest BCUT2D eigenvalue weighted by molar-refractivity contribution is -0.119. The minimum absolute atomic E-state index is 0.173. The average molecular weight is 304 g/mol. The Balaban J connectivity index is 1.49. The van der Waals surface area contributed by atoms with E-state index < -0.39 is 0 Å². The molecular formula is C17H24N2OS. The zero-order chi connectivity index (χ0) is 14.8. The van der Waals surface area contributed by atoms with E-state index in [1.807, 2.05) is 0 Å². The predicted molar refractivity (Wildman–Crippen MR) is 87.8 cm³/mol. The highest BCUT2D eigenvalue weighted by molar-refractivity contribution is 8.00. The Bertz CT molecular complexity index is 520. The second kappa shape index (κ2) is 6.41. The topological polar surface area (TPSA) is 41.1 Å². The first-order valence-corrected chi connectivity index (χ1v) is 8.84. The van der Waals surface area contributed by atoms with Gasteiger partial charge < -0.3 is 10.6 Å². The smallest absolute Gasteiger partial charge is 0.230 e. The van der Waals surface area contributed by atoms with Gasteiger partial charge in [-0.2, -0.15) is 0 Å². The number of piperidine rings is 1. The van der Waals surface area contributed by atoms with Crippen LogP contribution in [-0.2, 0) is 4.79 Å². The number of fused-ring (bicyclic) bond motifs is 2. The molecule has 2 atom stereocenters. The summed E-state index contributed by atoms with van der Waals surface area (Å²) in [4.78, 5) is 13.4. The minimum Gasteiger partial charge on any atom is -0.353 e. The number of carbonyl (C=O) groups is 1. The van der Waals surface area contributed by atoms with Gasteiger partial charge in [0.05, 0.1) is 5.75 Å². The van der Waals surface area contributed by atoms with Crippen molar-refractivity contribution < 1.29 is 4.79 Å². The van der Waals surface area contributed by atoms with E-state index in [0.717, 1.165) is 12.8 Å². The third kappa shape index (κ3) is 3.80. The van der Waals surface area contributed by atoms with E-state index >= 15 is 0 Å². The van der Waals surface area contributed by atoms with Crippen molar-refractivity contribution in [3.05, 3.63) is 29.3 Å². The van der Waals surface area contributed by atoms with Gasteiger partial charge in [-0.15, -0.1) is 11.8 Å². The zero-order valence-electron chi connectivity index (χ0n) is 12.8. The molecule has 0 aliphatic carbocycles. The van der Waals surface area contributed by atoms with Gasteiger partial charge in [0.1, 0.15) is 0 Å². The first-order valence-electron chi connectivity index (χ1n) is 7.85. The van der Waals surface area contributed by atoms with E-state index in [9.17, 15) is 4.79 Å². The maximum atomic E-state index is 12.2. The Morgan fingerprint density at radius 3 is 2.71 bits per heavy atom. The van der Waals surface area contributed by atoms with Crippen molar-refractivity contribution in [1.29, 1.82) is 0 Å². The molecule has 21 heavy (non-hydrogen) atoms. The molecule has 2 bridgehead atoms. The number of rotatable bonds is 4. The van der Waals surface area contributed by atoms with Gasteiger partial charge in [-0.05, 0) is 51.2 Å². The number of hydrogen-bond donors (Lipinski definition) is 2. The molecule has 114 valence electrons. The van der Waals surface area contributed by atoms with Gasteiger partial charge >= 0.3 is 0 Å². The maximum Gasteiger partial charge on any atom is 0.230 e. The summed E-state index contributed by atoms with van der Waals surface area (Å²) < 4.78 is 0. The minimum atomic E-state index is 0.173. The summed E-state index contributed by atoms with van der Waals surface area (Å²) in [6.07, 6.45) is 4.73. The molecule has 1 amide bonds. The number of thioether (sulfide) groups is 1. The van der Waals surface area contributed by atoms with Crippen molar-refractivity contribution in [3.63, 3.8) is 0 Å². The summed E-state index contributed by atoms with van der Waals surface area (Å²) in [7, 11) is 0. The lowest BCUT2D eigenvalue weighted by Gasteiger charge is -2.29. The molecule has 2 saturated heterocycles. The molecule has 2 unspecified atom stereocenters. The Morgan fingerprint density at radius 1 is 1.29 bits per heavy atom. The summed E-state index contributed by atoms with van der Waals surface area (Å²) in [5.41, 5.74) is 2.50. The highest BCUT2D eigenvalue weighted by Crippen LogP contribution is 2.27. The number of amides is 1. The highest BCUT2D eigenvalue weighted by Gasteiger charge is 2.33. The molecule has 1 aromatic rings. The zero-order valence-corrected chi connectivity index (χ0v) is 13.6. The summed E-state index contributed by atoms with van der Waals surface area (Å²) in [5.74, 6) is 0.691. The second-order valence-corrected chi connectivity index (χ2v) is 7.45. The lowest BCUT2D eigenvalue weighted by atomic mass is 10.00. The van der Waals surface area contributed by atoms with Crippen molar-refractivity contribution in [3.8, 4) is 0 Å². The molecule has 2 aliphatic heterocycles. The van der Waals surface area contributed by atoms with Crippen LogP contribution in [0.4, 0.5) is 0 Å². The maximum absolute atomic E-state index is 12.2. The Morgan fingerprint density at radius 2 is 2.00 bits per heavy atom. The van der Waals surface area contributed by atoms with Crippen LogP contribution < -0.4 is 10.6 Å². The molecule has 0 aromatic heterocycles. The standard InChI is InChI=1S/C17H24N2OS/c1-11-3-4-12(2)16(7-11)21-10-17(20)19-15-8-13-5-6-14(9-15)18-13/h3-4,7,13-15,18H,5-6,8-10H2,1-2H3,(H,19,20). The third-order valence-electron chi connectivity index (χ3n) is 4.54. The number of carbonyl (C=O) groups excluding carboxylic acids is 1. The largest absolute Gasteiger partial charge is 0.353 e. The van der Waals surface area contributed by atoms with Crippen molar-refractivity contribution in [1.82, 2.24) is 10.6 Å². The van der Waals surface area contributed by atoms with Crippen LogP contribution in [0.25, 0.3) is 0 Å². The van der Waals surface area contributed by atoms with E-state index in [4.69, 9.17) is 0 Å². The van der Waals surface area contributed by atoms with Crippen LogP contribution in [0.5, 0.6) is 0 Å². The molecular weight excluding hydrogens is 280 g/mol. The molecule has 2 N–H and O–H groups in total. The number of hydrogen-bond acceptors (Lipinski definition) is 3. The SMILES string of the molecule is Cc1ccc(C)c(SCC(=O)NC2CC3CCC(C2)N3)c1. The molecule has 4 heteroatoms. The fourth-order valence-electron chi connectivity index (χ4n) is 3.45. The first-order chi connectivity index (χ1) is 10.1. The van der Waals surface area contributed by atoms with E-state index in [2.05, 4.69) is 42.7 Å². The summed E-state index contributed by atoms with van der Waals surface area (Å²) in [5, 5.41) is 6.83. The average Bonchev–Trinajstić information content (AvgIpc) is 2.79. The third-order valence-corrected chi connectivity index (χ3v) is 5.70. The normalized spacial score (nSPS) is 27.6. The number of benzene rings is 1. The molecule has 1 aromatic carbocycles. The molecule has 0 saturated carbocycles. The van der Waals surface area contributed by atoms with Gasteiger partial charge in [0, 0.05) is 23.0 Å². The predicted octanol–water partition coefficient (Wildman–Crippen LogP) is 2.79. The van der Waals surface area contributed by atoms with Gasteiger partial charge in [0.25, 0.3) is 0 Å². The molecule has 2 aliphatic rings. The molecule has 3 rings (SSSR count). The van der Waals surface area contributed by atoms with E-state index in [1.165, 1.54) is 28.9 Å². The fourth-order valence-corrected chi connectivity index (χ4v) is 4.39. The van der Waals surface area contributed by atoms with Crippen LogP contribution in [0.2, 0.25) is 0 Å². The molecule has 2 fully saturated rings. The highest BCUT2D eigenvalue weighted by atomic mass is 32.2. The summed E-state index contributed by atoms with van der Waals surface area (Å²) in [6.45, 7) is 4.19. The Labute approximate surface area is 131 Å². The van der Waals surface area contributed by atoms with Crippen LogP contribution in [0, 0.1) is 13.8 Å². The van der Waals surface area contributed by atoms with Crippen LogP contribution in [-0.4, -0.2) is 29.8 Å². The monoisotopic (exact) mass is 304 g/mol. The van der Waals surface area contributed by atoms with Gasteiger partial charge in [0.2, 0.25) is 5.91 Å². The summed E-state index contributed by atoms with van der Waals surface area (Å²) in [6, 6.07) is 8.03. The van der Waals surface area contributed by atoms with E-state index in [0.29, 0.717) is 23.9 Å². The van der Waals surface area contributed by atoms with Crippen molar-refractivity contribution >= 4 is 17.7 Å². The Kier molecular flexibility index (Phi) is 4.55. The number of nitrogens with one attached hydrogen (secondary N) is 2. The van der Waals surface area contributed by atoms with Crippen LogP contribution in [0.1, 0.15) is 36.8 Å². The quantitative estimate of drug-likeness (QED) is 0.841. The van der Waals surface area contributed by atoms with Gasteiger partial charge in [-0.3, -0.25) is 4.79 Å². The summed E-state index contributed by atoms with van der Waals surface area (Å²) >= 11 is 1.65. The molecule has 3 nitrogen and oxygen atoms in total. The van der Waals surface area contributed by atoms with Gasteiger partial charge in [-0.1, -0.05) is 17.7 Å². The van der Waals surface area contributed by atoms with Crippen molar-refractivity contribution in [2.75, 3.05) is 5.75 Å².